The van der Waals surface area contributed by atoms with Crippen LogP contribution in [0.3, 0.4) is 0 Å². The summed E-state index contributed by atoms with van der Waals surface area (Å²) in [6, 6.07) is 0. The summed E-state index contributed by atoms with van der Waals surface area (Å²) in [6.45, 7) is 7.00. The van der Waals surface area contributed by atoms with Crippen LogP contribution < -0.4 is 0 Å². The van der Waals surface area contributed by atoms with E-state index in [9.17, 15) is 5.11 Å². The van der Waals surface area contributed by atoms with Gasteiger partial charge in [-0.25, -0.2) is 0 Å². The van der Waals surface area contributed by atoms with Crippen molar-refractivity contribution < 1.29 is 5.11 Å². The standard InChI is InChI=1S/C5H9O.3C4H9.Sn/c6-5-3-1-2-4-5;3*1-3-4-2;/h3,5-6H,1-2,4H2;3*1,3-4H2,2H3;/t5-;;;;/m0..../s1. The molecule has 1 fully saturated rings. The van der Waals surface area contributed by atoms with E-state index in [0.29, 0.717) is 0 Å². The first-order valence-corrected chi connectivity index (χ1v) is 16.6. The summed E-state index contributed by atoms with van der Waals surface area (Å²) >= 11 is -2.11. The Balaban J connectivity index is 2.80. The first-order valence-electron chi connectivity index (χ1n) is 8.88. The number of unbranched alkanes of at least 4 members (excludes halogenated alkanes) is 3. The number of hydrogen-bond donors (Lipinski definition) is 1. The Morgan fingerprint density at radius 3 is 1.63 bits per heavy atom. The van der Waals surface area contributed by atoms with Gasteiger partial charge in [-0.3, -0.25) is 0 Å². The molecule has 1 aliphatic carbocycles. The van der Waals surface area contributed by atoms with Crippen molar-refractivity contribution in [1.29, 1.82) is 0 Å². The maximum absolute atomic E-state index is 10.5. The van der Waals surface area contributed by atoms with Crippen molar-refractivity contribution in [1.82, 2.24) is 0 Å². The summed E-state index contributed by atoms with van der Waals surface area (Å²) in [6.07, 6.45) is 12.2. The maximum atomic E-state index is 10.5. The van der Waals surface area contributed by atoms with E-state index >= 15 is 0 Å². The van der Waals surface area contributed by atoms with Gasteiger partial charge in [0.1, 0.15) is 0 Å². The SMILES string of the molecule is CCC[CH2][Sn]([CH2]CCC)([CH2]CCC)[C@@H]1CCC[C@H]1O. The molecule has 0 radical (unpaired) electrons. The van der Waals surface area contributed by atoms with Crippen LogP contribution in [0.5, 0.6) is 0 Å². The first-order chi connectivity index (χ1) is 9.20. The zero-order valence-corrected chi connectivity index (χ0v) is 16.4. The molecule has 0 bridgehead atoms. The summed E-state index contributed by atoms with van der Waals surface area (Å²) in [5.74, 6) is 0. The summed E-state index contributed by atoms with van der Waals surface area (Å²) in [4.78, 5) is 0. The van der Waals surface area contributed by atoms with Gasteiger partial charge in [-0.05, 0) is 0 Å². The fourth-order valence-electron chi connectivity index (χ4n) is 4.17. The molecule has 0 heterocycles. The van der Waals surface area contributed by atoms with Gasteiger partial charge < -0.3 is 0 Å². The van der Waals surface area contributed by atoms with E-state index in [2.05, 4.69) is 20.8 Å². The second-order valence-corrected chi connectivity index (χ2v) is 21.0. The molecule has 19 heavy (non-hydrogen) atoms. The van der Waals surface area contributed by atoms with Crippen LogP contribution in [-0.4, -0.2) is 29.6 Å². The molecule has 0 spiro atoms. The average Bonchev–Trinajstić information content (AvgIpc) is 2.85. The molecule has 0 saturated heterocycles. The minimum atomic E-state index is -2.11. The molecule has 1 nitrogen and oxygen atoms in total. The predicted octanol–water partition coefficient (Wildman–Crippen LogP) is 5.75. The molecule has 1 aliphatic rings. The number of rotatable bonds is 10. The van der Waals surface area contributed by atoms with Crippen LogP contribution in [0.15, 0.2) is 0 Å². The molecule has 0 unspecified atom stereocenters. The van der Waals surface area contributed by atoms with Crippen LogP contribution >= 0.6 is 0 Å². The fraction of sp³-hybridized carbons (Fsp3) is 1.00. The molecule has 0 aliphatic heterocycles. The van der Waals surface area contributed by atoms with Crippen LogP contribution in [0.1, 0.15) is 78.6 Å². The van der Waals surface area contributed by atoms with Crippen molar-refractivity contribution in [2.75, 3.05) is 0 Å². The van der Waals surface area contributed by atoms with E-state index in [1.807, 2.05) is 0 Å². The van der Waals surface area contributed by atoms with E-state index in [0.717, 1.165) is 10.4 Å². The fourth-order valence-corrected chi connectivity index (χ4v) is 23.7. The van der Waals surface area contributed by atoms with Gasteiger partial charge in [0.25, 0.3) is 0 Å². The van der Waals surface area contributed by atoms with Crippen molar-refractivity contribution in [3.05, 3.63) is 0 Å². The summed E-state index contributed by atoms with van der Waals surface area (Å²) < 4.78 is 5.49. The van der Waals surface area contributed by atoms with E-state index in [1.54, 1.807) is 13.3 Å². The molecule has 1 saturated carbocycles. The van der Waals surface area contributed by atoms with E-state index in [1.165, 1.54) is 51.4 Å². The zero-order chi connectivity index (χ0) is 14.1. The van der Waals surface area contributed by atoms with Gasteiger partial charge in [-0.1, -0.05) is 0 Å². The molecule has 0 aromatic carbocycles. The van der Waals surface area contributed by atoms with E-state index in [-0.39, 0.29) is 6.10 Å². The van der Waals surface area contributed by atoms with Gasteiger partial charge in [0.2, 0.25) is 0 Å². The molecule has 2 atom stereocenters. The van der Waals surface area contributed by atoms with Gasteiger partial charge in [0.15, 0.2) is 0 Å². The van der Waals surface area contributed by atoms with Gasteiger partial charge >= 0.3 is 125 Å². The zero-order valence-electron chi connectivity index (χ0n) is 13.6. The van der Waals surface area contributed by atoms with Gasteiger partial charge in [-0.15, -0.1) is 0 Å². The summed E-state index contributed by atoms with van der Waals surface area (Å²) in [7, 11) is 0. The normalized spacial score (nSPS) is 24.0. The molecule has 114 valence electrons. The molecule has 0 amide bonds. The Morgan fingerprint density at radius 1 is 0.842 bits per heavy atom. The first kappa shape index (κ1) is 17.8. The van der Waals surface area contributed by atoms with E-state index < -0.39 is 18.4 Å². The second-order valence-electron chi connectivity index (χ2n) is 6.78. The molecule has 0 aromatic heterocycles. The van der Waals surface area contributed by atoms with Gasteiger partial charge in [-0.2, -0.15) is 0 Å². The third-order valence-electron chi connectivity index (χ3n) is 5.35. The Hall–Kier alpha value is 0.759. The van der Waals surface area contributed by atoms with Crippen molar-refractivity contribution in [3.63, 3.8) is 0 Å². The minimum absolute atomic E-state index is 0.0846. The molecule has 2 heteroatoms. The Labute approximate surface area is 125 Å². The Kier molecular flexibility index (Phi) is 9.05. The number of aliphatic hydroxyl groups is 1. The summed E-state index contributed by atoms with van der Waals surface area (Å²) in [5, 5.41) is 10.5. The van der Waals surface area contributed by atoms with Gasteiger partial charge in [0, 0.05) is 0 Å². The van der Waals surface area contributed by atoms with Gasteiger partial charge in [0.05, 0.1) is 0 Å². The number of aliphatic hydroxyl groups excluding tert-OH is 1. The van der Waals surface area contributed by atoms with E-state index in [4.69, 9.17) is 0 Å². The average molecular weight is 375 g/mol. The molecular formula is C17H36OSn. The Morgan fingerprint density at radius 2 is 1.32 bits per heavy atom. The second kappa shape index (κ2) is 9.65. The molecule has 1 N–H and O–H groups in total. The molecule has 1 rings (SSSR count). The van der Waals surface area contributed by atoms with Crippen LogP contribution in [0.25, 0.3) is 0 Å². The monoisotopic (exact) mass is 376 g/mol. The third-order valence-corrected chi connectivity index (χ3v) is 23.3. The van der Waals surface area contributed by atoms with Crippen LogP contribution in [0.4, 0.5) is 0 Å². The van der Waals surface area contributed by atoms with Crippen molar-refractivity contribution in [2.24, 2.45) is 0 Å². The topological polar surface area (TPSA) is 20.2 Å². The quantitative estimate of drug-likeness (QED) is 0.482. The number of hydrogen-bond acceptors (Lipinski definition) is 1. The summed E-state index contributed by atoms with van der Waals surface area (Å²) in [5.41, 5.74) is 0. The molecule has 0 aromatic rings. The van der Waals surface area contributed by atoms with Crippen molar-refractivity contribution >= 4 is 18.4 Å². The predicted molar refractivity (Wildman–Crippen MR) is 88.5 cm³/mol. The van der Waals surface area contributed by atoms with Crippen molar-refractivity contribution in [3.8, 4) is 0 Å². The molecular weight excluding hydrogens is 339 g/mol. The van der Waals surface area contributed by atoms with Crippen LogP contribution in [0, 0.1) is 0 Å². The third kappa shape index (κ3) is 5.22. The van der Waals surface area contributed by atoms with Crippen molar-refractivity contribution in [2.45, 2.75) is 102 Å². The van der Waals surface area contributed by atoms with Crippen LogP contribution in [-0.2, 0) is 0 Å². The Bertz CT molecular complexity index is 208. The van der Waals surface area contributed by atoms with Crippen LogP contribution in [0.2, 0.25) is 17.2 Å².